The molecule has 1 aliphatic carbocycles. The molecule has 2 nitrogen and oxygen atoms in total. The molecule has 0 radical (unpaired) electrons. The van der Waals surface area contributed by atoms with Crippen LogP contribution < -0.4 is 9.80 Å². The zero-order chi connectivity index (χ0) is 33.3. The van der Waals surface area contributed by atoms with Gasteiger partial charge in [0, 0.05) is 34.1 Å². The first-order valence-corrected chi connectivity index (χ1v) is 17.1. The summed E-state index contributed by atoms with van der Waals surface area (Å²) in [4.78, 5) is 4.70. The lowest BCUT2D eigenvalue weighted by molar-refractivity contribution is 1.28. The van der Waals surface area contributed by atoms with Crippen LogP contribution in [0.5, 0.6) is 0 Å². The van der Waals surface area contributed by atoms with Crippen molar-refractivity contribution in [1.82, 2.24) is 0 Å². The lowest BCUT2D eigenvalue weighted by atomic mass is 9.80. The van der Waals surface area contributed by atoms with E-state index in [1.165, 1.54) is 44.5 Å². The first-order chi connectivity index (χ1) is 24.8. The van der Waals surface area contributed by atoms with Gasteiger partial charge in [-0.05, 0) is 117 Å². The van der Waals surface area contributed by atoms with Crippen molar-refractivity contribution in [3.63, 3.8) is 0 Å². The van der Waals surface area contributed by atoms with Crippen LogP contribution in [0.2, 0.25) is 0 Å². The standard InChI is InChI=1S/C48H34N2/c1-5-17-35(18-6-1)49(36-19-7-2-8-20-36)39-29-31-45-43-27-15-13-25-41(43)42-26-14-16-28-44(42)46-32-30-40(34-48(46)47(45)33-39)50(37-21-9-3-10-22-37)38-23-11-4-12-24-38/h1-34H. The summed E-state index contributed by atoms with van der Waals surface area (Å²) in [6.45, 7) is 0. The zero-order valence-corrected chi connectivity index (χ0v) is 27.5. The maximum absolute atomic E-state index is 2.39. The van der Waals surface area contributed by atoms with Crippen molar-refractivity contribution >= 4 is 34.1 Å². The fraction of sp³-hybridized carbons (Fsp3) is 0. The molecule has 0 aromatic heterocycles. The van der Waals surface area contributed by atoms with Gasteiger partial charge in [0.1, 0.15) is 0 Å². The molecule has 0 spiro atoms. The highest BCUT2D eigenvalue weighted by Gasteiger charge is 2.25. The van der Waals surface area contributed by atoms with Crippen molar-refractivity contribution in [3.8, 4) is 44.5 Å². The molecule has 0 unspecified atom stereocenters. The van der Waals surface area contributed by atoms with E-state index in [1.54, 1.807) is 0 Å². The van der Waals surface area contributed by atoms with Crippen LogP contribution in [0.4, 0.5) is 34.1 Å². The predicted molar refractivity (Wildman–Crippen MR) is 211 cm³/mol. The van der Waals surface area contributed by atoms with Crippen LogP contribution in [-0.4, -0.2) is 0 Å². The lowest BCUT2D eigenvalue weighted by Gasteiger charge is -2.30. The first kappa shape index (κ1) is 29.5. The van der Waals surface area contributed by atoms with Crippen molar-refractivity contribution < 1.29 is 0 Å². The Morgan fingerprint density at radius 1 is 0.180 bits per heavy atom. The van der Waals surface area contributed by atoms with E-state index in [0.29, 0.717) is 0 Å². The maximum Gasteiger partial charge on any atom is 0.0468 e. The first-order valence-electron chi connectivity index (χ1n) is 17.1. The van der Waals surface area contributed by atoms with Crippen molar-refractivity contribution in [3.05, 3.63) is 206 Å². The van der Waals surface area contributed by atoms with Crippen LogP contribution in [0, 0.1) is 0 Å². The Bertz CT molecular complexity index is 2170. The average Bonchev–Trinajstić information content (AvgIpc) is 3.19. The molecule has 0 N–H and O–H groups in total. The number of nitrogens with zero attached hydrogens (tertiary/aromatic N) is 2. The third kappa shape index (κ3) is 5.24. The molecule has 236 valence electrons. The van der Waals surface area contributed by atoms with E-state index >= 15 is 0 Å². The summed E-state index contributed by atoms with van der Waals surface area (Å²) in [6, 6.07) is 74.2. The molecular weight excluding hydrogens is 605 g/mol. The van der Waals surface area contributed by atoms with Gasteiger partial charge in [0.2, 0.25) is 0 Å². The highest BCUT2D eigenvalue weighted by atomic mass is 15.1. The summed E-state index contributed by atoms with van der Waals surface area (Å²) in [5.41, 5.74) is 16.4. The minimum atomic E-state index is 1.10. The van der Waals surface area contributed by atoms with E-state index in [0.717, 1.165) is 34.1 Å². The molecule has 2 heteroatoms. The van der Waals surface area contributed by atoms with Gasteiger partial charge in [-0.2, -0.15) is 0 Å². The van der Waals surface area contributed by atoms with Crippen LogP contribution in [-0.2, 0) is 0 Å². The van der Waals surface area contributed by atoms with E-state index in [9.17, 15) is 0 Å². The highest BCUT2D eigenvalue weighted by Crippen LogP contribution is 2.51. The molecule has 0 amide bonds. The number of para-hydroxylation sites is 4. The van der Waals surface area contributed by atoms with Gasteiger partial charge in [-0.25, -0.2) is 0 Å². The number of hydrogen-bond donors (Lipinski definition) is 0. The molecule has 0 saturated carbocycles. The van der Waals surface area contributed by atoms with Gasteiger partial charge in [-0.1, -0.05) is 133 Å². The molecule has 0 bridgehead atoms. The maximum atomic E-state index is 2.39. The van der Waals surface area contributed by atoms with Gasteiger partial charge < -0.3 is 9.80 Å². The van der Waals surface area contributed by atoms with E-state index < -0.39 is 0 Å². The molecule has 1 aliphatic rings. The summed E-state index contributed by atoms with van der Waals surface area (Å²) in [5.74, 6) is 0. The summed E-state index contributed by atoms with van der Waals surface area (Å²) >= 11 is 0. The minimum Gasteiger partial charge on any atom is -0.310 e. The van der Waals surface area contributed by atoms with Crippen molar-refractivity contribution in [2.45, 2.75) is 0 Å². The zero-order valence-electron chi connectivity index (χ0n) is 27.5. The molecule has 0 saturated heterocycles. The van der Waals surface area contributed by atoms with Crippen LogP contribution in [0.15, 0.2) is 206 Å². The van der Waals surface area contributed by atoms with E-state index in [1.807, 2.05) is 0 Å². The van der Waals surface area contributed by atoms with Crippen LogP contribution in [0.25, 0.3) is 44.5 Å². The Balaban J connectivity index is 1.34. The highest BCUT2D eigenvalue weighted by molar-refractivity contribution is 6.05. The molecule has 0 atom stereocenters. The average molecular weight is 639 g/mol. The third-order valence-corrected chi connectivity index (χ3v) is 9.60. The monoisotopic (exact) mass is 638 g/mol. The van der Waals surface area contributed by atoms with Crippen molar-refractivity contribution in [2.75, 3.05) is 9.80 Å². The minimum absolute atomic E-state index is 1.10. The van der Waals surface area contributed by atoms with E-state index in [-0.39, 0.29) is 0 Å². The van der Waals surface area contributed by atoms with E-state index in [4.69, 9.17) is 0 Å². The molecule has 8 aromatic carbocycles. The Kier molecular flexibility index (Phi) is 7.53. The fourth-order valence-corrected chi connectivity index (χ4v) is 7.37. The Hall–Kier alpha value is -6.64. The van der Waals surface area contributed by atoms with Crippen molar-refractivity contribution in [2.24, 2.45) is 0 Å². The van der Waals surface area contributed by atoms with E-state index in [2.05, 4.69) is 216 Å². The summed E-state index contributed by atoms with van der Waals surface area (Å²) in [6.07, 6.45) is 0. The van der Waals surface area contributed by atoms with Crippen molar-refractivity contribution in [1.29, 1.82) is 0 Å². The molecule has 0 aliphatic heterocycles. The Morgan fingerprint density at radius 3 is 0.700 bits per heavy atom. The Morgan fingerprint density at radius 2 is 0.420 bits per heavy atom. The number of rotatable bonds is 6. The van der Waals surface area contributed by atoms with Crippen LogP contribution >= 0.6 is 0 Å². The topological polar surface area (TPSA) is 6.48 Å². The number of benzene rings is 8. The van der Waals surface area contributed by atoms with Gasteiger partial charge in [0.05, 0.1) is 0 Å². The summed E-state index contributed by atoms with van der Waals surface area (Å²) < 4.78 is 0. The molecule has 0 heterocycles. The van der Waals surface area contributed by atoms with Crippen LogP contribution in [0.1, 0.15) is 0 Å². The molecule has 9 rings (SSSR count). The van der Waals surface area contributed by atoms with Gasteiger partial charge in [-0.3, -0.25) is 0 Å². The fourth-order valence-electron chi connectivity index (χ4n) is 7.37. The number of hydrogen-bond acceptors (Lipinski definition) is 2. The van der Waals surface area contributed by atoms with Crippen LogP contribution in [0.3, 0.4) is 0 Å². The molecule has 50 heavy (non-hydrogen) atoms. The predicted octanol–water partition coefficient (Wildman–Crippen LogP) is 13.6. The SMILES string of the molecule is c1ccc(N(c2ccccc2)c2ccc3c(c2)-c2cc(N(c4ccccc4)c4ccccc4)ccc2-c2ccccc2-c2ccccc2-3)cc1. The normalized spacial score (nSPS) is 11.2. The second kappa shape index (κ2) is 12.8. The number of anilines is 6. The third-order valence-electron chi connectivity index (χ3n) is 9.60. The Labute approximate surface area is 293 Å². The molecular formula is C48H34N2. The van der Waals surface area contributed by atoms with Gasteiger partial charge in [0.25, 0.3) is 0 Å². The molecule has 0 fully saturated rings. The smallest absolute Gasteiger partial charge is 0.0468 e. The quantitative estimate of drug-likeness (QED) is 0.179. The lowest BCUT2D eigenvalue weighted by Crippen LogP contribution is -2.11. The second-order valence-electron chi connectivity index (χ2n) is 12.6. The van der Waals surface area contributed by atoms with Gasteiger partial charge >= 0.3 is 0 Å². The summed E-state index contributed by atoms with van der Waals surface area (Å²) in [5, 5.41) is 0. The second-order valence-corrected chi connectivity index (χ2v) is 12.6. The van der Waals surface area contributed by atoms with Gasteiger partial charge in [0.15, 0.2) is 0 Å². The number of fused-ring (bicyclic) bond motifs is 8. The largest absolute Gasteiger partial charge is 0.310 e. The van der Waals surface area contributed by atoms with Gasteiger partial charge in [-0.15, -0.1) is 0 Å². The summed E-state index contributed by atoms with van der Waals surface area (Å²) in [7, 11) is 0. The molecule has 8 aromatic rings.